The van der Waals surface area contributed by atoms with Gasteiger partial charge in [0.15, 0.2) is 0 Å². The summed E-state index contributed by atoms with van der Waals surface area (Å²) in [6.07, 6.45) is 3.10. The fraction of sp³-hybridized carbons (Fsp3) is 0.355. The highest BCUT2D eigenvalue weighted by molar-refractivity contribution is 7.91. The summed E-state index contributed by atoms with van der Waals surface area (Å²) in [5, 5.41) is 23.6. The van der Waals surface area contributed by atoms with Crippen LogP contribution in [0, 0.1) is 23.0 Å². The number of phenolic OH excluding ortho intramolecular Hbond substituents is 1. The minimum Gasteiger partial charge on any atom is -0.506 e. The molecule has 41 heavy (non-hydrogen) atoms. The fourth-order valence-electron chi connectivity index (χ4n) is 5.74. The van der Waals surface area contributed by atoms with Gasteiger partial charge in [-0.15, -0.1) is 0 Å². The third kappa shape index (κ3) is 6.10. The summed E-state index contributed by atoms with van der Waals surface area (Å²) in [4.78, 5) is 20.2. The molecule has 2 fully saturated rings. The van der Waals surface area contributed by atoms with E-state index in [0.29, 0.717) is 53.5 Å². The molecule has 3 aromatic rings. The number of nitrogens with one attached hydrogen (secondary N) is 2. The monoisotopic (exact) mass is 572 g/mol. The fourth-order valence-corrected chi connectivity index (χ4v) is 6.67. The van der Waals surface area contributed by atoms with Crippen LogP contribution in [0.3, 0.4) is 0 Å². The smallest absolute Gasteiger partial charge is 0.254 e. The van der Waals surface area contributed by atoms with Gasteiger partial charge in [0.25, 0.3) is 5.91 Å². The van der Waals surface area contributed by atoms with E-state index in [-0.39, 0.29) is 17.7 Å². The van der Waals surface area contributed by atoms with E-state index >= 15 is 0 Å². The molecule has 9 nitrogen and oxygen atoms in total. The Hall–Kier alpha value is -4.23. The van der Waals surface area contributed by atoms with Crippen molar-refractivity contribution in [1.29, 1.82) is 10.0 Å². The minimum atomic E-state index is -2.87. The maximum Gasteiger partial charge on any atom is 0.254 e. The lowest BCUT2D eigenvalue weighted by molar-refractivity contribution is 0.0746. The first-order chi connectivity index (χ1) is 19.7. The van der Waals surface area contributed by atoms with Crippen molar-refractivity contribution in [1.82, 2.24) is 4.90 Å². The lowest BCUT2D eigenvalue weighted by atomic mass is 10.0. The van der Waals surface area contributed by atoms with Crippen LogP contribution >= 0.6 is 0 Å². The highest BCUT2D eigenvalue weighted by Crippen LogP contribution is 2.32. The Morgan fingerprint density at radius 2 is 1.59 bits per heavy atom. The SMILES string of the molecule is Cc1cc(O)c(NC2CCN(c3ccccc3C#N)CC2)cc1C(=O)N1CCN(c2ccccc2S(C)(=N)=O)CC1. The standard InChI is InChI=1S/C31H36N6O3S/c1-22-19-29(38)26(34-24-11-13-35(14-12-24)27-8-4-3-7-23(27)21-32)20-25(22)31(39)37-17-15-36(16-18-37)28-9-5-6-10-30(28)41(2,33)40/h3-10,19-20,24,33-34,38H,11-18H2,1-2H3. The average Bonchev–Trinajstić information content (AvgIpc) is 2.98. The first-order valence-corrected chi connectivity index (χ1v) is 15.8. The molecule has 2 aliphatic heterocycles. The Morgan fingerprint density at radius 1 is 0.976 bits per heavy atom. The number of nitrogens with zero attached hydrogens (tertiary/aromatic N) is 4. The summed E-state index contributed by atoms with van der Waals surface area (Å²) in [5.74, 6) is 0.0393. The van der Waals surface area contributed by atoms with Gasteiger partial charge in [-0.05, 0) is 61.7 Å². The van der Waals surface area contributed by atoms with Crippen molar-refractivity contribution in [2.45, 2.75) is 30.7 Å². The van der Waals surface area contributed by atoms with Crippen LogP contribution in [0.5, 0.6) is 5.75 Å². The normalized spacial score (nSPS) is 17.5. The highest BCUT2D eigenvalue weighted by atomic mass is 32.2. The maximum atomic E-state index is 13.6. The second-order valence-electron chi connectivity index (χ2n) is 10.8. The number of amides is 1. The van der Waals surface area contributed by atoms with E-state index in [1.807, 2.05) is 48.2 Å². The van der Waals surface area contributed by atoms with E-state index in [1.54, 1.807) is 24.3 Å². The van der Waals surface area contributed by atoms with Crippen molar-refractivity contribution in [3.05, 3.63) is 77.4 Å². The largest absolute Gasteiger partial charge is 0.506 e. The molecular formula is C31H36N6O3S. The van der Waals surface area contributed by atoms with E-state index in [4.69, 9.17) is 4.78 Å². The number of hydrogen-bond donors (Lipinski definition) is 3. The van der Waals surface area contributed by atoms with E-state index in [1.165, 1.54) is 6.26 Å². The molecular weight excluding hydrogens is 536 g/mol. The molecule has 0 radical (unpaired) electrons. The molecule has 0 aromatic heterocycles. The van der Waals surface area contributed by atoms with E-state index < -0.39 is 9.73 Å². The number of rotatable bonds is 6. The van der Waals surface area contributed by atoms with Gasteiger partial charge in [0, 0.05) is 57.1 Å². The third-order valence-electron chi connectivity index (χ3n) is 7.99. The quantitative estimate of drug-likeness (QED) is 0.367. The third-order valence-corrected chi connectivity index (χ3v) is 9.17. The van der Waals surface area contributed by atoms with Crippen molar-refractivity contribution in [3.8, 4) is 11.8 Å². The number of hydrogen-bond acceptors (Lipinski definition) is 8. The van der Waals surface area contributed by atoms with E-state index in [9.17, 15) is 19.4 Å². The van der Waals surface area contributed by atoms with Gasteiger partial charge in [-0.3, -0.25) is 4.79 Å². The van der Waals surface area contributed by atoms with Crippen molar-refractivity contribution in [3.63, 3.8) is 0 Å². The molecule has 2 saturated heterocycles. The lowest BCUT2D eigenvalue weighted by Crippen LogP contribution is -2.49. The summed E-state index contributed by atoms with van der Waals surface area (Å²) >= 11 is 0. The molecule has 0 saturated carbocycles. The highest BCUT2D eigenvalue weighted by Gasteiger charge is 2.27. The van der Waals surface area contributed by atoms with Gasteiger partial charge in [0.05, 0.1) is 37.3 Å². The number of benzene rings is 3. The topological polar surface area (TPSA) is 124 Å². The van der Waals surface area contributed by atoms with E-state index in [2.05, 4.69) is 21.2 Å². The summed E-state index contributed by atoms with van der Waals surface area (Å²) in [7, 11) is -2.87. The maximum absolute atomic E-state index is 13.6. The van der Waals surface area contributed by atoms with Gasteiger partial charge >= 0.3 is 0 Å². The number of nitriles is 1. The van der Waals surface area contributed by atoms with Gasteiger partial charge in [0.2, 0.25) is 0 Å². The first kappa shape index (κ1) is 28.3. The molecule has 2 heterocycles. The van der Waals surface area contributed by atoms with Crippen molar-refractivity contribution < 1.29 is 14.1 Å². The van der Waals surface area contributed by atoms with Crippen LogP contribution in [0.4, 0.5) is 17.1 Å². The molecule has 5 rings (SSSR count). The lowest BCUT2D eigenvalue weighted by Gasteiger charge is -2.37. The number of phenols is 1. The first-order valence-electron chi connectivity index (χ1n) is 13.9. The number of carbonyl (C=O) groups is 1. The van der Waals surface area contributed by atoms with Crippen molar-refractivity contribution in [2.24, 2.45) is 0 Å². The molecule has 0 bridgehead atoms. The van der Waals surface area contributed by atoms with Gasteiger partial charge in [-0.1, -0.05) is 24.3 Å². The molecule has 1 unspecified atom stereocenters. The molecule has 0 spiro atoms. The van der Waals surface area contributed by atoms with Crippen molar-refractivity contribution in [2.75, 3.05) is 60.6 Å². The molecule has 2 aliphatic rings. The second kappa shape index (κ2) is 11.7. The summed E-state index contributed by atoms with van der Waals surface area (Å²) in [6, 6.07) is 20.8. The van der Waals surface area contributed by atoms with Crippen LogP contribution in [-0.4, -0.2) is 71.7 Å². The van der Waals surface area contributed by atoms with Crippen molar-refractivity contribution >= 4 is 32.7 Å². The van der Waals surface area contributed by atoms with Crippen LogP contribution in [0.1, 0.15) is 34.3 Å². The van der Waals surface area contributed by atoms with Crippen LogP contribution in [0.25, 0.3) is 0 Å². The average molecular weight is 573 g/mol. The molecule has 1 atom stereocenters. The van der Waals surface area contributed by atoms with Crippen LogP contribution in [-0.2, 0) is 9.73 Å². The summed E-state index contributed by atoms with van der Waals surface area (Å²) < 4.78 is 20.6. The van der Waals surface area contributed by atoms with Gasteiger partial charge in [0.1, 0.15) is 11.8 Å². The van der Waals surface area contributed by atoms with Crippen LogP contribution < -0.4 is 15.1 Å². The summed E-state index contributed by atoms with van der Waals surface area (Å²) in [5.41, 5.74) is 4.24. The number of piperidine rings is 1. The van der Waals surface area contributed by atoms with Crippen LogP contribution in [0.2, 0.25) is 0 Å². The molecule has 1 amide bonds. The number of aryl methyl sites for hydroxylation is 1. The molecule has 214 valence electrons. The summed E-state index contributed by atoms with van der Waals surface area (Å²) in [6.45, 7) is 5.57. The Labute approximate surface area is 242 Å². The number of aromatic hydroxyl groups is 1. The minimum absolute atomic E-state index is 0.0822. The van der Waals surface area contributed by atoms with Gasteiger partial charge in [-0.25, -0.2) is 8.99 Å². The Morgan fingerprint density at radius 3 is 2.24 bits per heavy atom. The van der Waals surface area contributed by atoms with E-state index in [0.717, 1.165) is 37.3 Å². The number of anilines is 3. The number of para-hydroxylation sites is 2. The number of piperazine rings is 1. The van der Waals surface area contributed by atoms with Gasteiger partial charge in [-0.2, -0.15) is 5.26 Å². The van der Waals surface area contributed by atoms with Gasteiger partial charge < -0.3 is 25.1 Å². The zero-order valence-corrected chi connectivity index (χ0v) is 24.3. The predicted molar refractivity (Wildman–Crippen MR) is 162 cm³/mol. The Kier molecular flexibility index (Phi) is 8.08. The second-order valence-corrected chi connectivity index (χ2v) is 12.9. The zero-order chi connectivity index (χ0) is 29.1. The zero-order valence-electron chi connectivity index (χ0n) is 23.5. The predicted octanol–water partition coefficient (Wildman–Crippen LogP) is 4.65. The molecule has 10 heteroatoms. The number of carbonyl (C=O) groups excluding carboxylic acids is 1. The Balaban J connectivity index is 1.24. The Bertz CT molecular complexity index is 1580. The molecule has 3 N–H and O–H groups in total. The molecule has 3 aromatic carbocycles. The molecule has 0 aliphatic carbocycles. The van der Waals surface area contributed by atoms with Crippen LogP contribution in [0.15, 0.2) is 65.6 Å².